The highest BCUT2D eigenvalue weighted by molar-refractivity contribution is 7.89. The van der Waals surface area contributed by atoms with E-state index < -0.39 is 10.0 Å². The summed E-state index contributed by atoms with van der Waals surface area (Å²) in [7, 11) is -3.47. The maximum Gasteiger partial charge on any atom is 0.242 e. The Bertz CT molecular complexity index is 669. The van der Waals surface area contributed by atoms with Gasteiger partial charge in [-0.25, -0.2) is 13.1 Å². The lowest BCUT2D eigenvalue weighted by Crippen LogP contribution is -2.33. The molecule has 1 atom stereocenters. The normalized spacial score (nSPS) is 13.2. The first-order valence-electron chi connectivity index (χ1n) is 6.68. The molecule has 21 heavy (non-hydrogen) atoms. The number of hydrogen-bond donors (Lipinski definition) is 2. The van der Waals surface area contributed by atoms with Crippen LogP contribution in [0.2, 0.25) is 0 Å². The monoisotopic (exact) mass is 325 g/mol. The number of hydrogen-bond acceptors (Lipinski definition) is 5. The highest BCUT2D eigenvalue weighted by Crippen LogP contribution is 2.22. The molecular weight excluding hydrogens is 306 g/mol. The van der Waals surface area contributed by atoms with Gasteiger partial charge in [0, 0.05) is 36.4 Å². The third kappa shape index (κ3) is 4.34. The molecule has 0 radical (unpaired) electrons. The van der Waals surface area contributed by atoms with Crippen molar-refractivity contribution in [1.82, 2.24) is 15.0 Å². The first-order chi connectivity index (χ1) is 10.0. The average Bonchev–Trinajstić information content (AvgIpc) is 2.90. The van der Waals surface area contributed by atoms with Crippen molar-refractivity contribution >= 4 is 21.4 Å². The van der Waals surface area contributed by atoms with E-state index in [9.17, 15) is 8.42 Å². The predicted molar refractivity (Wildman–Crippen MR) is 84.9 cm³/mol. The van der Waals surface area contributed by atoms with Crippen LogP contribution < -0.4 is 10.0 Å². The standard InChI is InChI=1S/C14H19N3O2S2/c1-11-5-9-20-14(11)12(2)16-7-8-17-21(18,19)13-4-3-6-15-10-13/h3-6,9-10,12,16-17H,7-8H2,1-2H3/t12-/m1/s1. The zero-order valence-electron chi connectivity index (χ0n) is 12.0. The molecule has 2 heterocycles. The molecule has 0 aliphatic carbocycles. The maximum absolute atomic E-state index is 12.0. The van der Waals surface area contributed by atoms with Gasteiger partial charge < -0.3 is 5.32 Å². The number of aromatic nitrogens is 1. The first kappa shape index (κ1) is 16.1. The van der Waals surface area contributed by atoms with Crippen LogP contribution in [0.1, 0.15) is 23.4 Å². The molecule has 0 aromatic carbocycles. The van der Waals surface area contributed by atoms with Crippen molar-refractivity contribution in [2.75, 3.05) is 13.1 Å². The van der Waals surface area contributed by atoms with Gasteiger partial charge in [0.05, 0.1) is 0 Å². The summed E-state index contributed by atoms with van der Waals surface area (Å²) in [6.07, 6.45) is 2.89. The number of rotatable bonds is 7. The van der Waals surface area contributed by atoms with Gasteiger partial charge in [-0.3, -0.25) is 4.98 Å². The van der Waals surface area contributed by atoms with Crippen LogP contribution in [-0.2, 0) is 10.0 Å². The van der Waals surface area contributed by atoms with Gasteiger partial charge in [-0.05, 0) is 43.0 Å². The van der Waals surface area contributed by atoms with Crippen LogP contribution in [0.3, 0.4) is 0 Å². The predicted octanol–water partition coefficient (Wildman–Crippen LogP) is 2.08. The lowest BCUT2D eigenvalue weighted by Gasteiger charge is -2.14. The average molecular weight is 325 g/mol. The Hall–Kier alpha value is -1.28. The van der Waals surface area contributed by atoms with Crippen molar-refractivity contribution in [2.45, 2.75) is 24.8 Å². The number of sulfonamides is 1. The summed E-state index contributed by atoms with van der Waals surface area (Å²) in [4.78, 5) is 5.29. The Morgan fingerprint density at radius 1 is 1.33 bits per heavy atom. The fraction of sp³-hybridized carbons (Fsp3) is 0.357. The molecule has 0 fully saturated rings. The van der Waals surface area contributed by atoms with Crippen LogP contribution in [-0.4, -0.2) is 26.5 Å². The molecule has 0 saturated heterocycles. The SMILES string of the molecule is Cc1ccsc1[C@@H](C)NCCNS(=O)(=O)c1cccnc1. The molecule has 0 saturated carbocycles. The molecule has 7 heteroatoms. The summed E-state index contributed by atoms with van der Waals surface area (Å²) in [6, 6.07) is 5.44. The molecule has 5 nitrogen and oxygen atoms in total. The molecule has 0 spiro atoms. The van der Waals surface area contributed by atoms with E-state index in [1.54, 1.807) is 23.6 Å². The van der Waals surface area contributed by atoms with E-state index in [-0.39, 0.29) is 10.9 Å². The first-order valence-corrected chi connectivity index (χ1v) is 9.04. The maximum atomic E-state index is 12.0. The van der Waals surface area contributed by atoms with Crippen LogP contribution in [0, 0.1) is 6.92 Å². The van der Waals surface area contributed by atoms with Crippen molar-refractivity contribution in [3.63, 3.8) is 0 Å². The molecule has 2 rings (SSSR count). The zero-order chi connectivity index (χ0) is 15.3. The molecule has 0 aliphatic heterocycles. The Morgan fingerprint density at radius 3 is 2.76 bits per heavy atom. The Kier molecular flexibility index (Phi) is 5.46. The highest BCUT2D eigenvalue weighted by Gasteiger charge is 2.13. The van der Waals surface area contributed by atoms with Gasteiger partial charge in [-0.1, -0.05) is 0 Å². The van der Waals surface area contributed by atoms with Gasteiger partial charge in [-0.2, -0.15) is 0 Å². The lowest BCUT2D eigenvalue weighted by molar-refractivity contribution is 0.556. The van der Waals surface area contributed by atoms with Crippen molar-refractivity contribution in [1.29, 1.82) is 0 Å². The van der Waals surface area contributed by atoms with E-state index in [2.05, 4.69) is 40.3 Å². The van der Waals surface area contributed by atoms with Crippen LogP contribution in [0.15, 0.2) is 40.9 Å². The van der Waals surface area contributed by atoms with E-state index >= 15 is 0 Å². The van der Waals surface area contributed by atoms with Gasteiger partial charge in [0.15, 0.2) is 0 Å². The second-order valence-corrected chi connectivity index (χ2v) is 7.44. The summed E-state index contributed by atoms with van der Waals surface area (Å²) in [5.74, 6) is 0. The van der Waals surface area contributed by atoms with Crippen molar-refractivity contribution in [2.24, 2.45) is 0 Å². The van der Waals surface area contributed by atoms with E-state index in [4.69, 9.17) is 0 Å². The number of aryl methyl sites for hydroxylation is 1. The largest absolute Gasteiger partial charge is 0.308 e. The topological polar surface area (TPSA) is 71.1 Å². The molecular formula is C14H19N3O2S2. The van der Waals surface area contributed by atoms with Gasteiger partial charge in [0.2, 0.25) is 10.0 Å². The summed E-state index contributed by atoms with van der Waals surface area (Å²) >= 11 is 1.71. The number of nitrogens with one attached hydrogen (secondary N) is 2. The Labute approximate surface area is 129 Å². The highest BCUT2D eigenvalue weighted by atomic mass is 32.2. The Balaban J connectivity index is 1.81. The fourth-order valence-electron chi connectivity index (χ4n) is 1.98. The van der Waals surface area contributed by atoms with Crippen LogP contribution >= 0.6 is 11.3 Å². The molecule has 2 aromatic rings. The molecule has 0 bridgehead atoms. The van der Waals surface area contributed by atoms with Crippen LogP contribution in [0.4, 0.5) is 0 Å². The zero-order valence-corrected chi connectivity index (χ0v) is 13.7. The van der Waals surface area contributed by atoms with Gasteiger partial charge >= 0.3 is 0 Å². The second-order valence-electron chi connectivity index (χ2n) is 4.73. The fourth-order valence-corrected chi connectivity index (χ4v) is 3.94. The molecule has 114 valence electrons. The van der Waals surface area contributed by atoms with Gasteiger partial charge in [-0.15, -0.1) is 11.3 Å². The number of thiophene rings is 1. The minimum absolute atomic E-state index is 0.187. The van der Waals surface area contributed by atoms with E-state index in [1.165, 1.54) is 22.7 Å². The van der Waals surface area contributed by atoms with Crippen LogP contribution in [0.25, 0.3) is 0 Å². The third-order valence-electron chi connectivity index (χ3n) is 3.11. The lowest BCUT2D eigenvalue weighted by atomic mass is 10.2. The van der Waals surface area contributed by atoms with Crippen molar-refractivity contribution < 1.29 is 8.42 Å². The summed E-state index contributed by atoms with van der Waals surface area (Å²) in [5, 5.41) is 5.38. The van der Waals surface area contributed by atoms with Crippen molar-refractivity contribution in [3.8, 4) is 0 Å². The van der Waals surface area contributed by atoms with E-state index in [0.29, 0.717) is 13.1 Å². The molecule has 0 unspecified atom stereocenters. The molecule has 2 N–H and O–H groups in total. The Morgan fingerprint density at radius 2 is 2.14 bits per heavy atom. The second kappa shape index (κ2) is 7.13. The minimum atomic E-state index is -3.47. The smallest absolute Gasteiger partial charge is 0.242 e. The number of nitrogens with zero attached hydrogens (tertiary/aromatic N) is 1. The minimum Gasteiger partial charge on any atom is -0.308 e. The molecule has 0 aliphatic rings. The van der Waals surface area contributed by atoms with E-state index in [0.717, 1.165) is 0 Å². The summed E-state index contributed by atoms with van der Waals surface area (Å²) < 4.78 is 26.5. The van der Waals surface area contributed by atoms with E-state index in [1.807, 2.05) is 0 Å². The summed E-state index contributed by atoms with van der Waals surface area (Å²) in [5.41, 5.74) is 1.26. The quantitative estimate of drug-likeness (QED) is 0.765. The van der Waals surface area contributed by atoms with Crippen LogP contribution in [0.5, 0.6) is 0 Å². The van der Waals surface area contributed by atoms with Crippen molar-refractivity contribution in [3.05, 3.63) is 46.4 Å². The summed E-state index contributed by atoms with van der Waals surface area (Å²) in [6.45, 7) is 5.06. The molecule has 0 amide bonds. The van der Waals surface area contributed by atoms with Gasteiger partial charge in [0.1, 0.15) is 4.90 Å². The third-order valence-corrected chi connectivity index (χ3v) is 5.76. The number of pyridine rings is 1. The molecule has 2 aromatic heterocycles. The van der Waals surface area contributed by atoms with Gasteiger partial charge in [0.25, 0.3) is 0 Å².